The van der Waals surface area contributed by atoms with Crippen molar-refractivity contribution in [1.82, 2.24) is 30.5 Å². The summed E-state index contributed by atoms with van der Waals surface area (Å²) in [7, 11) is 0. The van der Waals surface area contributed by atoms with E-state index in [1.165, 1.54) is 0 Å². The van der Waals surface area contributed by atoms with Crippen LogP contribution in [0.25, 0.3) is 0 Å². The Labute approximate surface area is 159 Å². The Kier molecular flexibility index (Phi) is 5.67. The molecule has 146 valence electrons. The Hall–Kier alpha value is -3.70. The lowest BCUT2D eigenvalue weighted by Gasteiger charge is -2.16. The molecule has 2 amide bonds. The molecule has 12 nitrogen and oxygen atoms in total. The van der Waals surface area contributed by atoms with Crippen molar-refractivity contribution in [1.29, 1.82) is 0 Å². The highest BCUT2D eigenvalue weighted by Crippen LogP contribution is 2.20. The molecule has 28 heavy (non-hydrogen) atoms. The third-order valence-corrected chi connectivity index (χ3v) is 4.13. The van der Waals surface area contributed by atoms with E-state index in [0.717, 1.165) is 10.4 Å². The van der Waals surface area contributed by atoms with E-state index in [2.05, 4.69) is 25.9 Å². The van der Waals surface area contributed by atoms with Crippen LogP contribution >= 0.6 is 0 Å². The molecule has 1 fully saturated rings. The number of nitrogens with one attached hydrogen (secondary N) is 1. The van der Waals surface area contributed by atoms with E-state index in [-0.39, 0.29) is 24.8 Å². The van der Waals surface area contributed by atoms with Crippen LogP contribution in [-0.4, -0.2) is 54.1 Å². The van der Waals surface area contributed by atoms with Crippen LogP contribution in [0.2, 0.25) is 0 Å². The molecular formula is C16H18N8O4. The second-order valence-corrected chi connectivity index (χ2v) is 6.36. The summed E-state index contributed by atoms with van der Waals surface area (Å²) in [5.74, 6) is -1.54. The normalized spacial score (nSPS) is 17.0. The van der Waals surface area contributed by atoms with E-state index in [9.17, 15) is 19.7 Å². The highest BCUT2D eigenvalue weighted by Gasteiger charge is 2.34. The first-order valence-electron chi connectivity index (χ1n) is 8.49. The van der Waals surface area contributed by atoms with Crippen LogP contribution in [0.3, 0.4) is 0 Å². The number of hydrazone groups is 1. The predicted molar refractivity (Wildman–Crippen MR) is 95.7 cm³/mol. The number of hydrogen-bond acceptors (Lipinski definition) is 8. The monoisotopic (exact) mass is 386 g/mol. The molecule has 12 heteroatoms. The standard InChI is InChI=1S/C16H18N8O4/c1-11(8-23-20-16(19-21-23)24(27)28)17-18-15(26)13-7-14(25)22(10-13)9-12-5-3-2-4-6-12/h2-6,13H,7-10H2,1H3,(H,18,26)/b17-11+. The summed E-state index contributed by atoms with van der Waals surface area (Å²) in [4.78, 5) is 36.9. The number of nitro groups is 1. The molecule has 1 atom stereocenters. The Balaban J connectivity index is 1.52. The quantitative estimate of drug-likeness (QED) is 0.403. The van der Waals surface area contributed by atoms with Gasteiger partial charge >= 0.3 is 5.95 Å². The zero-order valence-corrected chi connectivity index (χ0v) is 15.1. The summed E-state index contributed by atoms with van der Waals surface area (Å²) in [6, 6.07) is 9.55. The average molecular weight is 386 g/mol. The maximum absolute atomic E-state index is 12.3. The maximum Gasteiger partial charge on any atom is 0.514 e. The third kappa shape index (κ3) is 4.72. The molecule has 0 bridgehead atoms. The van der Waals surface area contributed by atoms with Gasteiger partial charge in [0.05, 0.1) is 21.8 Å². The van der Waals surface area contributed by atoms with Crippen LogP contribution in [-0.2, 0) is 22.7 Å². The van der Waals surface area contributed by atoms with E-state index >= 15 is 0 Å². The number of benzene rings is 1. The summed E-state index contributed by atoms with van der Waals surface area (Å²) < 4.78 is 0. The predicted octanol–water partition coefficient (Wildman–Crippen LogP) is 0.122. The molecule has 0 radical (unpaired) electrons. The van der Waals surface area contributed by atoms with Crippen molar-refractivity contribution in [2.45, 2.75) is 26.4 Å². The number of carbonyl (C=O) groups excluding carboxylic acids is 2. The van der Waals surface area contributed by atoms with Gasteiger partial charge in [0.2, 0.25) is 11.8 Å². The first-order valence-corrected chi connectivity index (χ1v) is 8.49. The molecular weight excluding hydrogens is 368 g/mol. The molecule has 0 spiro atoms. The molecule has 1 saturated heterocycles. The van der Waals surface area contributed by atoms with E-state index in [1.54, 1.807) is 11.8 Å². The molecule has 2 aromatic rings. The lowest BCUT2D eigenvalue weighted by molar-refractivity contribution is -0.394. The van der Waals surface area contributed by atoms with Gasteiger partial charge in [-0.1, -0.05) is 35.1 Å². The molecule has 1 aliphatic rings. The number of amides is 2. The van der Waals surface area contributed by atoms with Crippen molar-refractivity contribution in [3.63, 3.8) is 0 Å². The number of tetrazole rings is 1. The summed E-state index contributed by atoms with van der Waals surface area (Å²) in [6.07, 6.45) is 0.129. The molecule has 1 N–H and O–H groups in total. The van der Waals surface area contributed by atoms with Crippen molar-refractivity contribution < 1.29 is 14.5 Å². The lowest BCUT2D eigenvalue weighted by Crippen LogP contribution is -2.31. The van der Waals surface area contributed by atoms with Gasteiger partial charge in [-0.2, -0.15) is 5.10 Å². The minimum Gasteiger partial charge on any atom is -0.390 e. The number of nitrogens with zero attached hydrogens (tertiary/aromatic N) is 7. The first kappa shape index (κ1) is 19.1. The highest BCUT2D eigenvalue weighted by atomic mass is 16.6. The van der Waals surface area contributed by atoms with Gasteiger partial charge in [0.1, 0.15) is 6.54 Å². The zero-order chi connectivity index (χ0) is 20.1. The van der Waals surface area contributed by atoms with Gasteiger partial charge in [0.25, 0.3) is 0 Å². The fourth-order valence-corrected chi connectivity index (χ4v) is 2.76. The van der Waals surface area contributed by atoms with E-state index < -0.39 is 16.8 Å². The third-order valence-electron chi connectivity index (χ3n) is 4.13. The molecule has 3 rings (SSSR count). The van der Waals surface area contributed by atoms with Crippen LogP contribution in [0.15, 0.2) is 35.4 Å². The number of hydrogen-bond donors (Lipinski definition) is 1. The van der Waals surface area contributed by atoms with Gasteiger partial charge in [-0.15, -0.1) is 0 Å². The van der Waals surface area contributed by atoms with Gasteiger partial charge < -0.3 is 15.0 Å². The zero-order valence-electron chi connectivity index (χ0n) is 15.1. The van der Waals surface area contributed by atoms with E-state index in [1.807, 2.05) is 30.3 Å². The second kappa shape index (κ2) is 8.33. The lowest BCUT2D eigenvalue weighted by atomic mass is 10.1. The fourth-order valence-electron chi connectivity index (χ4n) is 2.76. The van der Waals surface area contributed by atoms with Gasteiger partial charge in [-0.3, -0.25) is 9.59 Å². The fraction of sp³-hybridized carbons (Fsp3) is 0.375. The van der Waals surface area contributed by atoms with E-state index in [4.69, 9.17) is 0 Å². The minimum absolute atomic E-state index is 0.0326. The number of likely N-dealkylation sites (tertiary alicyclic amines) is 1. The molecule has 1 unspecified atom stereocenters. The average Bonchev–Trinajstić information content (AvgIpc) is 3.28. The number of carbonyl (C=O) groups is 2. The minimum atomic E-state index is -0.754. The Morgan fingerprint density at radius 1 is 1.39 bits per heavy atom. The summed E-state index contributed by atoms with van der Waals surface area (Å²) in [6.45, 7) is 2.43. The number of rotatable bonds is 7. The van der Waals surface area contributed by atoms with Crippen molar-refractivity contribution in [2.75, 3.05) is 6.54 Å². The van der Waals surface area contributed by atoms with Crippen LogP contribution in [0.1, 0.15) is 18.9 Å². The van der Waals surface area contributed by atoms with Crippen molar-refractivity contribution in [3.8, 4) is 0 Å². The smallest absolute Gasteiger partial charge is 0.390 e. The van der Waals surface area contributed by atoms with E-state index in [0.29, 0.717) is 18.8 Å². The molecule has 1 aromatic carbocycles. The summed E-state index contributed by atoms with van der Waals surface area (Å²) in [5.41, 5.74) is 3.85. The first-order chi connectivity index (χ1) is 13.4. The largest absolute Gasteiger partial charge is 0.514 e. The molecule has 2 heterocycles. The maximum atomic E-state index is 12.3. The van der Waals surface area contributed by atoms with Crippen LogP contribution < -0.4 is 5.43 Å². The van der Waals surface area contributed by atoms with Gasteiger partial charge in [0, 0.05) is 24.7 Å². The topological polar surface area (TPSA) is 149 Å². The Bertz CT molecular complexity index is 910. The SMILES string of the molecule is C/C(Cn1nnc([N+](=O)[O-])n1)=N\NC(=O)C1CC(=O)N(Cc2ccccc2)C1. The van der Waals surface area contributed by atoms with Crippen LogP contribution in [0.4, 0.5) is 5.95 Å². The summed E-state index contributed by atoms with van der Waals surface area (Å²) >= 11 is 0. The molecule has 0 saturated carbocycles. The molecule has 1 aromatic heterocycles. The van der Waals surface area contributed by atoms with Crippen molar-refractivity contribution in [2.24, 2.45) is 11.0 Å². The summed E-state index contributed by atoms with van der Waals surface area (Å²) in [5, 5.41) is 24.9. The van der Waals surface area contributed by atoms with Crippen LogP contribution in [0.5, 0.6) is 0 Å². The molecule has 0 aliphatic carbocycles. The van der Waals surface area contributed by atoms with Crippen molar-refractivity contribution >= 4 is 23.5 Å². The van der Waals surface area contributed by atoms with Gasteiger partial charge in [-0.25, -0.2) is 5.43 Å². The Morgan fingerprint density at radius 3 is 2.82 bits per heavy atom. The number of aromatic nitrogens is 4. The molecule has 1 aliphatic heterocycles. The van der Waals surface area contributed by atoms with Gasteiger partial charge in [0.15, 0.2) is 0 Å². The highest BCUT2D eigenvalue weighted by molar-refractivity contribution is 5.90. The Morgan fingerprint density at radius 2 is 2.14 bits per heavy atom. The van der Waals surface area contributed by atoms with Crippen molar-refractivity contribution in [3.05, 3.63) is 46.0 Å². The van der Waals surface area contributed by atoms with Gasteiger partial charge in [-0.05, 0) is 17.4 Å². The van der Waals surface area contributed by atoms with Crippen LogP contribution in [0, 0.1) is 16.0 Å². The second-order valence-electron chi connectivity index (χ2n) is 6.36.